The number of nitrogens with zero attached hydrogens (tertiary/aromatic N) is 2. The van der Waals surface area contributed by atoms with E-state index >= 15 is 0 Å². The van der Waals surface area contributed by atoms with E-state index in [4.69, 9.17) is 14.2 Å². The zero-order valence-electron chi connectivity index (χ0n) is 16.3. The van der Waals surface area contributed by atoms with Crippen LogP contribution in [0, 0.1) is 10.1 Å². The predicted molar refractivity (Wildman–Crippen MR) is 108 cm³/mol. The number of esters is 1. The van der Waals surface area contributed by atoms with Gasteiger partial charge in [0.1, 0.15) is 12.0 Å². The topological polar surface area (TPSA) is 113 Å². The van der Waals surface area contributed by atoms with E-state index in [-0.39, 0.29) is 12.3 Å². The van der Waals surface area contributed by atoms with Gasteiger partial charge in [-0.3, -0.25) is 10.1 Å². The van der Waals surface area contributed by atoms with Crippen LogP contribution < -0.4 is 14.8 Å². The van der Waals surface area contributed by atoms with E-state index in [2.05, 4.69) is 10.3 Å². The number of rotatable bonds is 11. The second-order valence-electron chi connectivity index (χ2n) is 5.78. The smallest absolute Gasteiger partial charge is 0.330 e. The number of nitrogens with one attached hydrogen (secondary N) is 1. The van der Waals surface area contributed by atoms with Gasteiger partial charge in [0.25, 0.3) is 5.69 Å². The fourth-order valence-corrected chi connectivity index (χ4v) is 2.33. The average Bonchev–Trinajstić information content (AvgIpc) is 2.73. The fourth-order valence-electron chi connectivity index (χ4n) is 2.33. The molecule has 0 saturated carbocycles. The molecule has 0 unspecified atom stereocenters. The summed E-state index contributed by atoms with van der Waals surface area (Å²) in [6.45, 7) is 3.17. The molecule has 0 radical (unpaired) electrons. The monoisotopic (exact) mass is 401 g/mol. The summed E-state index contributed by atoms with van der Waals surface area (Å²) >= 11 is 0. The van der Waals surface area contributed by atoms with E-state index in [0.717, 1.165) is 5.56 Å². The first kappa shape index (κ1) is 21.7. The molecule has 1 aromatic carbocycles. The quantitative estimate of drug-likeness (QED) is 0.200. The Labute approximate surface area is 168 Å². The second kappa shape index (κ2) is 11.3. The van der Waals surface area contributed by atoms with Gasteiger partial charge in [-0.1, -0.05) is 6.07 Å². The third kappa shape index (κ3) is 7.13. The van der Waals surface area contributed by atoms with E-state index in [9.17, 15) is 14.9 Å². The van der Waals surface area contributed by atoms with Crippen LogP contribution in [0.5, 0.6) is 11.5 Å². The minimum absolute atomic E-state index is 0.0681. The Hall–Kier alpha value is -3.62. The SMILES string of the molecule is CCOc1ccc(/C=C/C(=O)OCCCNc2ccc([N+](=O)[O-])cn2)cc1OC. The minimum atomic E-state index is -0.507. The Morgan fingerprint density at radius 1 is 1.28 bits per heavy atom. The zero-order chi connectivity index (χ0) is 21.1. The molecule has 0 aliphatic rings. The molecule has 0 aliphatic heterocycles. The molecule has 0 amide bonds. The van der Waals surface area contributed by atoms with Crippen molar-refractivity contribution in [2.24, 2.45) is 0 Å². The van der Waals surface area contributed by atoms with Crippen LogP contribution in [-0.2, 0) is 9.53 Å². The van der Waals surface area contributed by atoms with Gasteiger partial charge in [-0.15, -0.1) is 0 Å². The molecule has 0 bridgehead atoms. The number of nitro groups is 1. The molecule has 0 saturated heterocycles. The van der Waals surface area contributed by atoms with Crippen molar-refractivity contribution in [1.29, 1.82) is 0 Å². The van der Waals surface area contributed by atoms with Crippen LogP contribution in [0.1, 0.15) is 18.9 Å². The zero-order valence-corrected chi connectivity index (χ0v) is 16.3. The van der Waals surface area contributed by atoms with Gasteiger partial charge in [0.2, 0.25) is 0 Å². The van der Waals surface area contributed by atoms with Crippen molar-refractivity contribution >= 4 is 23.6 Å². The van der Waals surface area contributed by atoms with Gasteiger partial charge in [-0.05, 0) is 43.2 Å². The number of hydrogen-bond donors (Lipinski definition) is 1. The summed E-state index contributed by atoms with van der Waals surface area (Å²) < 4.78 is 15.9. The summed E-state index contributed by atoms with van der Waals surface area (Å²) in [6.07, 6.45) is 4.73. The van der Waals surface area contributed by atoms with Crippen LogP contribution in [0.4, 0.5) is 11.5 Å². The van der Waals surface area contributed by atoms with Crippen molar-refractivity contribution in [2.45, 2.75) is 13.3 Å². The lowest BCUT2D eigenvalue weighted by atomic mass is 10.2. The standard InChI is InChI=1S/C20H23N3O6/c1-3-28-17-8-5-15(13-18(17)27-2)6-10-20(24)29-12-4-11-21-19-9-7-16(14-22-19)23(25)26/h5-10,13-14H,3-4,11-12H2,1-2H3,(H,21,22)/b10-6+. The number of carbonyl (C=O) groups excluding carboxylic acids is 1. The number of methoxy groups -OCH3 is 1. The number of hydrogen-bond acceptors (Lipinski definition) is 8. The van der Waals surface area contributed by atoms with Crippen LogP contribution in [0.2, 0.25) is 0 Å². The van der Waals surface area contributed by atoms with Gasteiger partial charge in [0.05, 0.1) is 25.2 Å². The van der Waals surface area contributed by atoms with E-state index in [1.165, 1.54) is 24.4 Å². The van der Waals surface area contributed by atoms with E-state index in [0.29, 0.717) is 36.9 Å². The van der Waals surface area contributed by atoms with Gasteiger partial charge >= 0.3 is 5.97 Å². The summed E-state index contributed by atoms with van der Waals surface area (Å²) in [6, 6.07) is 8.27. The Morgan fingerprint density at radius 3 is 2.76 bits per heavy atom. The molecule has 0 spiro atoms. The number of aromatic nitrogens is 1. The number of carbonyl (C=O) groups is 1. The van der Waals surface area contributed by atoms with Gasteiger partial charge in [0.15, 0.2) is 11.5 Å². The van der Waals surface area contributed by atoms with Crippen LogP contribution in [0.15, 0.2) is 42.6 Å². The van der Waals surface area contributed by atoms with Crippen molar-refractivity contribution in [3.63, 3.8) is 0 Å². The molecule has 2 rings (SSSR count). The highest BCUT2D eigenvalue weighted by molar-refractivity contribution is 5.87. The Kier molecular flexibility index (Phi) is 8.43. The molecular weight excluding hydrogens is 378 g/mol. The molecule has 2 aromatic rings. The van der Waals surface area contributed by atoms with Crippen molar-refractivity contribution in [2.75, 3.05) is 32.2 Å². The van der Waals surface area contributed by atoms with E-state index in [1.54, 1.807) is 25.3 Å². The van der Waals surface area contributed by atoms with E-state index in [1.807, 2.05) is 13.0 Å². The number of pyridine rings is 1. The van der Waals surface area contributed by atoms with Crippen molar-refractivity contribution in [1.82, 2.24) is 4.98 Å². The lowest BCUT2D eigenvalue weighted by Gasteiger charge is -2.09. The van der Waals surface area contributed by atoms with E-state index < -0.39 is 10.9 Å². The van der Waals surface area contributed by atoms with Crippen molar-refractivity contribution in [3.05, 3.63) is 58.3 Å². The molecule has 1 heterocycles. The third-order valence-electron chi connectivity index (χ3n) is 3.73. The molecule has 9 nitrogen and oxygen atoms in total. The summed E-state index contributed by atoms with van der Waals surface area (Å²) in [4.78, 5) is 25.8. The summed E-state index contributed by atoms with van der Waals surface area (Å²) in [5.41, 5.74) is 0.717. The highest BCUT2D eigenvalue weighted by atomic mass is 16.6. The molecule has 1 N–H and O–H groups in total. The maximum Gasteiger partial charge on any atom is 0.330 e. The average molecular weight is 401 g/mol. The predicted octanol–water partition coefficient (Wildman–Crippen LogP) is 3.46. The highest BCUT2D eigenvalue weighted by Gasteiger charge is 2.06. The number of ether oxygens (including phenoxy) is 3. The summed E-state index contributed by atoms with van der Waals surface area (Å²) in [7, 11) is 1.56. The van der Waals surface area contributed by atoms with Crippen LogP contribution in [0.25, 0.3) is 6.08 Å². The fraction of sp³-hybridized carbons (Fsp3) is 0.300. The highest BCUT2D eigenvalue weighted by Crippen LogP contribution is 2.28. The van der Waals surface area contributed by atoms with Crippen LogP contribution >= 0.6 is 0 Å². The van der Waals surface area contributed by atoms with Crippen LogP contribution in [0.3, 0.4) is 0 Å². The molecule has 0 atom stereocenters. The number of anilines is 1. The van der Waals surface area contributed by atoms with Crippen molar-refractivity contribution in [3.8, 4) is 11.5 Å². The molecule has 0 aliphatic carbocycles. The number of benzene rings is 1. The summed E-state index contributed by atoms with van der Waals surface area (Å²) in [5.74, 6) is 1.30. The molecule has 9 heteroatoms. The Bertz CT molecular complexity index is 852. The maximum absolute atomic E-state index is 11.8. The molecule has 1 aromatic heterocycles. The van der Waals surface area contributed by atoms with Crippen LogP contribution in [-0.4, -0.2) is 42.7 Å². The maximum atomic E-state index is 11.8. The molecular formula is C20H23N3O6. The first-order chi connectivity index (χ1) is 14.0. The summed E-state index contributed by atoms with van der Waals surface area (Å²) in [5, 5.41) is 13.6. The first-order valence-electron chi connectivity index (χ1n) is 9.03. The molecule has 154 valence electrons. The van der Waals surface area contributed by atoms with Gasteiger partial charge in [0, 0.05) is 18.7 Å². The molecule has 29 heavy (non-hydrogen) atoms. The lowest BCUT2D eigenvalue weighted by molar-refractivity contribution is -0.385. The Balaban J connectivity index is 1.72. The minimum Gasteiger partial charge on any atom is -0.493 e. The first-order valence-corrected chi connectivity index (χ1v) is 9.03. The normalized spacial score (nSPS) is 10.6. The van der Waals surface area contributed by atoms with Crippen molar-refractivity contribution < 1.29 is 23.9 Å². The molecule has 0 fully saturated rings. The Morgan fingerprint density at radius 2 is 2.10 bits per heavy atom. The lowest BCUT2D eigenvalue weighted by Crippen LogP contribution is -2.09. The van der Waals surface area contributed by atoms with Gasteiger partial charge < -0.3 is 19.5 Å². The largest absolute Gasteiger partial charge is 0.493 e. The second-order valence-corrected chi connectivity index (χ2v) is 5.78. The third-order valence-corrected chi connectivity index (χ3v) is 3.73. The van der Waals surface area contributed by atoms with Gasteiger partial charge in [-0.25, -0.2) is 9.78 Å². The van der Waals surface area contributed by atoms with Gasteiger partial charge in [-0.2, -0.15) is 0 Å².